The number of alkyl halides is 6. The Morgan fingerprint density at radius 3 is 1.27 bits per heavy atom. The van der Waals surface area contributed by atoms with Crippen molar-refractivity contribution in [3.05, 3.63) is 192 Å². The zero-order valence-corrected chi connectivity index (χ0v) is 32.3. The zero-order chi connectivity index (χ0) is 41.5. The Hall–Kier alpha value is -7.06. The second-order valence-electron chi connectivity index (χ2n) is 15.3. The predicted molar refractivity (Wildman–Crippen MR) is 231 cm³/mol. The van der Waals surface area contributed by atoms with E-state index in [0.717, 1.165) is 67.1 Å². The van der Waals surface area contributed by atoms with Gasteiger partial charge in [-0.3, -0.25) is 0 Å². The van der Waals surface area contributed by atoms with Crippen LogP contribution in [0, 0.1) is 13.8 Å². The number of rotatable bonds is 5. The first-order valence-corrected chi connectivity index (χ1v) is 19.5. The number of benzene rings is 8. The van der Waals surface area contributed by atoms with Gasteiger partial charge in [0.25, 0.3) is 0 Å². The van der Waals surface area contributed by atoms with Gasteiger partial charge in [-0.2, -0.15) is 26.3 Å². The highest BCUT2D eigenvalue weighted by atomic mass is 19.4. The van der Waals surface area contributed by atoms with Crippen molar-refractivity contribution in [3.8, 4) is 44.8 Å². The van der Waals surface area contributed by atoms with Crippen LogP contribution in [0.4, 0.5) is 26.3 Å². The van der Waals surface area contributed by atoms with E-state index in [4.69, 9.17) is 0 Å². The van der Waals surface area contributed by atoms with Gasteiger partial charge >= 0.3 is 12.4 Å². The summed E-state index contributed by atoms with van der Waals surface area (Å²) in [5.74, 6) is 0. The van der Waals surface area contributed by atoms with Crippen molar-refractivity contribution in [1.29, 1.82) is 0 Å². The summed E-state index contributed by atoms with van der Waals surface area (Å²) < 4.78 is 95.4. The smallest absolute Gasteiger partial charge is 0.309 e. The lowest BCUT2D eigenvalue weighted by molar-refractivity contribution is -0.138. The van der Waals surface area contributed by atoms with Gasteiger partial charge in [0.15, 0.2) is 0 Å². The van der Waals surface area contributed by atoms with Crippen LogP contribution in [0.15, 0.2) is 170 Å². The summed E-state index contributed by atoms with van der Waals surface area (Å²) in [6.07, 6.45) is -9.61. The molecule has 0 spiro atoms. The molecule has 0 fully saturated rings. The highest BCUT2D eigenvalue weighted by Gasteiger charge is 2.40. The first-order chi connectivity index (χ1) is 28.9. The monoisotopic (exact) mass is 800 g/mol. The number of nitrogens with zero attached hydrogens (tertiary/aromatic N) is 2. The molecule has 0 unspecified atom stereocenters. The van der Waals surface area contributed by atoms with Gasteiger partial charge in [0.2, 0.25) is 0 Å². The minimum Gasteiger partial charge on any atom is -0.309 e. The fourth-order valence-corrected chi connectivity index (χ4v) is 8.89. The molecule has 0 N–H and O–H groups in total. The second-order valence-corrected chi connectivity index (χ2v) is 15.3. The molecule has 2 aromatic heterocycles. The van der Waals surface area contributed by atoms with Crippen molar-refractivity contribution < 1.29 is 26.3 Å². The molecular weight excluding hydrogens is 767 g/mol. The summed E-state index contributed by atoms with van der Waals surface area (Å²) in [7, 11) is 0. The van der Waals surface area contributed by atoms with Crippen molar-refractivity contribution >= 4 is 43.6 Å². The summed E-state index contributed by atoms with van der Waals surface area (Å²) in [6, 6.07) is 49.4. The Bertz CT molecular complexity index is 3140. The summed E-state index contributed by atoms with van der Waals surface area (Å²) in [4.78, 5) is 0. The van der Waals surface area contributed by atoms with Gasteiger partial charge in [0, 0.05) is 21.5 Å². The third-order valence-electron chi connectivity index (χ3n) is 11.6. The van der Waals surface area contributed by atoms with Crippen LogP contribution in [0.5, 0.6) is 0 Å². The molecule has 10 aromatic rings. The maximum absolute atomic E-state index is 16.5. The molecule has 0 saturated carbocycles. The summed E-state index contributed by atoms with van der Waals surface area (Å²) >= 11 is 0. The number of aryl methyl sites for hydroxylation is 2. The van der Waals surface area contributed by atoms with Crippen molar-refractivity contribution in [2.24, 2.45) is 0 Å². The fraction of sp³-hybridized carbons (Fsp3) is 0.0769. The Kier molecular flexibility index (Phi) is 8.54. The average molecular weight is 801 g/mol. The van der Waals surface area contributed by atoms with Crippen molar-refractivity contribution in [1.82, 2.24) is 9.13 Å². The minimum atomic E-state index is -4.94. The topological polar surface area (TPSA) is 9.86 Å². The van der Waals surface area contributed by atoms with Gasteiger partial charge in [-0.05, 0) is 107 Å². The van der Waals surface area contributed by atoms with E-state index in [1.54, 1.807) is 33.4 Å². The molecule has 0 aliphatic carbocycles. The average Bonchev–Trinajstić information content (AvgIpc) is 3.75. The first-order valence-electron chi connectivity index (χ1n) is 19.5. The lowest BCUT2D eigenvalue weighted by atomic mass is 9.97. The number of fused-ring (bicyclic) bond motifs is 6. The molecule has 0 aliphatic rings. The lowest BCUT2D eigenvalue weighted by Gasteiger charge is -2.23. The van der Waals surface area contributed by atoms with Crippen LogP contribution in [-0.4, -0.2) is 9.13 Å². The Morgan fingerprint density at radius 2 is 0.800 bits per heavy atom. The summed E-state index contributed by atoms with van der Waals surface area (Å²) in [5, 5.41) is 2.95. The van der Waals surface area contributed by atoms with Gasteiger partial charge < -0.3 is 9.13 Å². The van der Waals surface area contributed by atoms with Crippen LogP contribution in [0.3, 0.4) is 0 Å². The molecule has 0 radical (unpaired) electrons. The highest BCUT2D eigenvalue weighted by molar-refractivity contribution is 6.12. The molecule has 0 bridgehead atoms. The van der Waals surface area contributed by atoms with Crippen LogP contribution in [0.25, 0.3) is 88.4 Å². The van der Waals surface area contributed by atoms with Gasteiger partial charge in [0.1, 0.15) is 5.56 Å². The van der Waals surface area contributed by atoms with E-state index in [9.17, 15) is 13.2 Å². The molecule has 0 amide bonds. The van der Waals surface area contributed by atoms with E-state index in [2.05, 4.69) is 0 Å². The van der Waals surface area contributed by atoms with Gasteiger partial charge in [0.05, 0.1) is 39.0 Å². The number of hydrogen-bond acceptors (Lipinski definition) is 0. The standard InChI is InChI=1S/C52H34F6N2/c1-31-12-3-5-16-38(31)34-22-24-42-40-18-7-9-20-44(40)59(46(42)27-34)48-29-36(33-14-11-15-37(26-33)51(53,54)55)30-49(50(48)52(56,57)58)60-45-21-10-8-19-41(45)43-25-23-35(28-47(43)60)39-17-6-4-13-32(39)2/h3-30H,1-2H3. The third-order valence-corrected chi connectivity index (χ3v) is 11.6. The summed E-state index contributed by atoms with van der Waals surface area (Å²) in [6.45, 7) is 3.97. The predicted octanol–water partition coefficient (Wildman–Crippen LogP) is 15.5. The maximum atomic E-state index is 16.5. The molecule has 294 valence electrons. The molecule has 2 heterocycles. The lowest BCUT2D eigenvalue weighted by Crippen LogP contribution is -2.16. The third kappa shape index (κ3) is 6.05. The van der Waals surface area contributed by atoms with E-state index in [-0.39, 0.29) is 22.5 Å². The zero-order valence-electron chi connectivity index (χ0n) is 32.3. The Balaban J connectivity index is 1.38. The molecule has 2 nitrogen and oxygen atoms in total. The number of aromatic nitrogens is 2. The van der Waals surface area contributed by atoms with Crippen LogP contribution < -0.4 is 0 Å². The first kappa shape index (κ1) is 37.2. The van der Waals surface area contributed by atoms with Crippen LogP contribution in [0.2, 0.25) is 0 Å². The van der Waals surface area contributed by atoms with Crippen molar-refractivity contribution in [2.45, 2.75) is 26.2 Å². The minimum absolute atomic E-state index is 0.129. The van der Waals surface area contributed by atoms with Crippen LogP contribution in [-0.2, 0) is 12.4 Å². The molecular formula is C52H34F6N2. The van der Waals surface area contributed by atoms with E-state index in [1.165, 1.54) is 24.3 Å². The largest absolute Gasteiger partial charge is 0.420 e. The quantitative estimate of drug-likeness (QED) is 0.153. The van der Waals surface area contributed by atoms with E-state index in [1.807, 2.05) is 123 Å². The van der Waals surface area contributed by atoms with E-state index in [0.29, 0.717) is 22.1 Å². The second kappa shape index (κ2) is 13.8. The summed E-state index contributed by atoms with van der Waals surface area (Å²) in [5.41, 5.74) is 5.69. The normalized spacial score (nSPS) is 12.3. The molecule has 0 saturated heterocycles. The Labute approximate surface area is 341 Å². The molecule has 8 aromatic carbocycles. The fourth-order valence-electron chi connectivity index (χ4n) is 8.89. The maximum Gasteiger partial charge on any atom is 0.420 e. The number of halogens is 6. The van der Waals surface area contributed by atoms with Gasteiger partial charge in [-0.1, -0.05) is 121 Å². The number of para-hydroxylation sites is 2. The number of hydrogen-bond donors (Lipinski definition) is 0. The van der Waals surface area contributed by atoms with Gasteiger partial charge in [-0.15, -0.1) is 0 Å². The van der Waals surface area contributed by atoms with Crippen LogP contribution in [0.1, 0.15) is 22.3 Å². The van der Waals surface area contributed by atoms with E-state index < -0.39 is 23.5 Å². The molecule has 0 atom stereocenters. The molecule has 0 aliphatic heterocycles. The van der Waals surface area contributed by atoms with Crippen molar-refractivity contribution in [2.75, 3.05) is 0 Å². The SMILES string of the molecule is Cc1ccccc1-c1ccc2c3ccccc3n(-c3cc(-c4cccc(C(F)(F)F)c4)cc(-n4c5ccccc5c5ccc(-c6ccccc6C)cc54)c3C(F)(F)F)c2c1. The van der Waals surface area contributed by atoms with Gasteiger partial charge in [-0.25, -0.2) is 0 Å². The molecule has 60 heavy (non-hydrogen) atoms. The van der Waals surface area contributed by atoms with Crippen molar-refractivity contribution in [3.63, 3.8) is 0 Å². The highest BCUT2D eigenvalue weighted by Crippen LogP contribution is 2.47. The van der Waals surface area contributed by atoms with Crippen LogP contribution >= 0.6 is 0 Å². The molecule has 8 heteroatoms. The van der Waals surface area contributed by atoms with E-state index >= 15 is 13.2 Å². The molecule has 10 rings (SSSR count). The Morgan fingerprint density at radius 1 is 0.350 bits per heavy atom.